The summed E-state index contributed by atoms with van der Waals surface area (Å²) < 4.78 is 16.8. The van der Waals surface area contributed by atoms with Crippen molar-refractivity contribution in [2.24, 2.45) is 11.8 Å². The van der Waals surface area contributed by atoms with Gasteiger partial charge < -0.3 is 14.2 Å². The monoisotopic (exact) mass is 863 g/mol. The third-order valence-corrected chi connectivity index (χ3v) is 12.5. The quantitative estimate of drug-likeness (QED) is 0.0344. The average molecular weight is 863 g/mol. The van der Waals surface area contributed by atoms with E-state index >= 15 is 0 Å². The Balaban J connectivity index is 4.29. The van der Waals surface area contributed by atoms with Gasteiger partial charge in [-0.1, -0.05) is 266 Å². The molecular weight excluding hydrogens is 757 g/mol. The summed E-state index contributed by atoms with van der Waals surface area (Å²) in [6.45, 7) is 11.4. The second-order valence-electron chi connectivity index (χ2n) is 19.8. The molecule has 0 fully saturated rings. The van der Waals surface area contributed by atoms with Gasteiger partial charge in [-0.15, -0.1) is 0 Å². The zero-order valence-electron chi connectivity index (χ0n) is 41.8. The molecule has 0 bridgehead atoms. The minimum absolute atomic E-state index is 0.0635. The highest BCUT2D eigenvalue weighted by Gasteiger charge is 2.19. The van der Waals surface area contributed by atoms with Crippen molar-refractivity contribution in [1.82, 2.24) is 0 Å². The molecule has 0 aromatic heterocycles. The molecule has 0 heterocycles. The summed E-state index contributed by atoms with van der Waals surface area (Å²) in [5.41, 5.74) is 0. The van der Waals surface area contributed by atoms with E-state index in [1.807, 2.05) is 0 Å². The molecule has 0 saturated carbocycles. The molecule has 0 radical (unpaired) electrons. The first-order valence-corrected chi connectivity index (χ1v) is 27.2. The van der Waals surface area contributed by atoms with Crippen molar-refractivity contribution in [3.05, 3.63) is 0 Å². The predicted molar refractivity (Wildman–Crippen MR) is 261 cm³/mol. The van der Waals surface area contributed by atoms with Crippen LogP contribution in [0, 0.1) is 11.8 Å². The van der Waals surface area contributed by atoms with Gasteiger partial charge in [0.1, 0.15) is 13.2 Å². The fourth-order valence-electron chi connectivity index (χ4n) is 8.34. The first-order valence-electron chi connectivity index (χ1n) is 27.2. The van der Waals surface area contributed by atoms with Crippen LogP contribution < -0.4 is 0 Å². The lowest BCUT2D eigenvalue weighted by Gasteiger charge is -2.18. The summed E-state index contributed by atoms with van der Waals surface area (Å²) in [7, 11) is 0. The van der Waals surface area contributed by atoms with Crippen LogP contribution in [-0.4, -0.2) is 37.2 Å². The molecule has 0 amide bonds. The molecule has 0 N–H and O–H groups in total. The third-order valence-electron chi connectivity index (χ3n) is 12.5. The van der Waals surface area contributed by atoms with Gasteiger partial charge in [-0.2, -0.15) is 0 Å². The van der Waals surface area contributed by atoms with Crippen LogP contribution in [0.3, 0.4) is 0 Å². The van der Waals surface area contributed by atoms with Gasteiger partial charge in [0.25, 0.3) is 0 Å². The van der Waals surface area contributed by atoms with Gasteiger partial charge in [-0.3, -0.25) is 14.4 Å². The lowest BCUT2D eigenvalue weighted by Crippen LogP contribution is -2.30. The van der Waals surface area contributed by atoms with Crippen molar-refractivity contribution < 1.29 is 28.6 Å². The number of esters is 3. The van der Waals surface area contributed by atoms with E-state index in [-0.39, 0.29) is 31.1 Å². The van der Waals surface area contributed by atoms with Crippen LogP contribution in [0.4, 0.5) is 0 Å². The van der Waals surface area contributed by atoms with E-state index in [0.29, 0.717) is 19.3 Å². The molecule has 6 nitrogen and oxygen atoms in total. The number of hydrogen-bond acceptors (Lipinski definition) is 6. The first-order chi connectivity index (χ1) is 29.7. The maximum Gasteiger partial charge on any atom is 0.306 e. The second kappa shape index (κ2) is 47.9. The Morgan fingerprint density at radius 2 is 0.541 bits per heavy atom. The van der Waals surface area contributed by atoms with E-state index in [1.165, 1.54) is 193 Å². The number of hydrogen-bond donors (Lipinski definition) is 0. The fourth-order valence-corrected chi connectivity index (χ4v) is 8.34. The summed E-state index contributed by atoms with van der Waals surface area (Å²) in [4.78, 5) is 38.0. The summed E-state index contributed by atoms with van der Waals surface area (Å²) >= 11 is 0. The average Bonchev–Trinajstić information content (AvgIpc) is 3.23. The largest absolute Gasteiger partial charge is 0.462 e. The van der Waals surface area contributed by atoms with Crippen molar-refractivity contribution in [3.8, 4) is 0 Å². The Labute approximate surface area is 380 Å². The van der Waals surface area contributed by atoms with Gasteiger partial charge in [0.05, 0.1) is 0 Å². The van der Waals surface area contributed by atoms with Gasteiger partial charge in [0, 0.05) is 19.3 Å². The van der Waals surface area contributed by atoms with E-state index in [4.69, 9.17) is 14.2 Å². The predicted octanol–water partition coefficient (Wildman–Crippen LogP) is 17.7. The Kier molecular flexibility index (Phi) is 46.6. The first kappa shape index (κ1) is 59.4. The van der Waals surface area contributed by atoms with Crippen LogP contribution in [0.15, 0.2) is 0 Å². The van der Waals surface area contributed by atoms with Crippen molar-refractivity contribution in [2.45, 2.75) is 310 Å². The van der Waals surface area contributed by atoms with Crippen LogP contribution in [0.25, 0.3) is 0 Å². The molecule has 0 unspecified atom stereocenters. The minimum atomic E-state index is -0.762. The third kappa shape index (κ3) is 49.3. The highest BCUT2D eigenvalue weighted by molar-refractivity contribution is 5.71. The maximum atomic E-state index is 12.8. The number of carbonyl (C=O) groups is 3. The molecule has 6 heteroatoms. The van der Waals surface area contributed by atoms with Crippen molar-refractivity contribution in [2.75, 3.05) is 13.2 Å². The summed E-state index contributed by atoms with van der Waals surface area (Å²) in [6.07, 6.45) is 49.5. The van der Waals surface area contributed by atoms with Crippen LogP contribution in [0.2, 0.25) is 0 Å². The van der Waals surface area contributed by atoms with E-state index in [0.717, 1.165) is 69.6 Å². The number of carbonyl (C=O) groups excluding carboxylic acids is 3. The Bertz CT molecular complexity index is 931. The SMILES string of the molecule is CCCCCCCCCCCCCCCCCCC(=O)OC[C@H](COC(=O)CCCCCCCCCCC(C)C)OC(=O)CCCCCCCCCCCCCCCC(C)C. The lowest BCUT2D eigenvalue weighted by atomic mass is 10.0. The molecular formula is C55H106O6. The highest BCUT2D eigenvalue weighted by atomic mass is 16.6. The molecule has 0 aliphatic carbocycles. The van der Waals surface area contributed by atoms with E-state index in [9.17, 15) is 14.4 Å². The number of unbranched alkanes of at least 4 members (excludes halogenated alkanes) is 34. The molecule has 0 aliphatic rings. The molecule has 1 atom stereocenters. The smallest absolute Gasteiger partial charge is 0.306 e. The van der Waals surface area contributed by atoms with E-state index in [2.05, 4.69) is 34.6 Å². The normalized spacial score (nSPS) is 12.0. The van der Waals surface area contributed by atoms with Crippen LogP contribution in [0.5, 0.6) is 0 Å². The summed E-state index contributed by atoms with van der Waals surface area (Å²) in [6, 6.07) is 0. The molecule has 0 aromatic rings. The van der Waals surface area contributed by atoms with Crippen LogP contribution in [-0.2, 0) is 28.6 Å². The molecule has 0 saturated heterocycles. The van der Waals surface area contributed by atoms with Gasteiger partial charge in [-0.25, -0.2) is 0 Å². The molecule has 362 valence electrons. The summed E-state index contributed by atoms with van der Waals surface area (Å²) in [5.74, 6) is 0.789. The van der Waals surface area contributed by atoms with Crippen molar-refractivity contribution in [3.63, 3.8) is 0 Å². The minimum Gasteiger partial charge on any atom is -0.462 e. The number of rotatable bonds is 49. The van der Waals surface area contributed by atoms with Gasteiger partial charge in [-0.05, 0) is 31.1 Å². The van der Waals surface area contributed by atoms with Gasteiger partial charge in [0.2, 0.25) is 0 Å². The standard InChI is InChI=1S/C55H106O6/c1-6-7-8-9-10-11-12-13-14-15-18-21-24-30-35-40-45-53(56)59-48-52(49-60-54(57)46-41-36-31-27-26-29-34-39-44-51(4)5)61-55(58)47-42-37-32-25-22-19-16-17-20-23-28-33-38-43-50(2)3/h50-52H,6-49H2,1-5H3/t52-/m1/s1. The van der Waals surface area contributed by atoms with Crippen molar-refractivity contribution in [1.29, 1.82) is 0 Å². The Morgan fingerprint density at radius 1 is 0.311 bits per heavy atom. The van der Waals surface area contributed by atoms with Gasteiger partial charge in [0.15, 0.2) is 6.10 Å². The zero-order valence-corrected chi connectivity index (χ0v) is 41.8. The Hall–Kier alpha value is -1.59. The molecule has 0 aliphatic heterocycles. The van der Waals surface area contributed by atoms with E-state index in [1.54, 1.807) is 0 Å². The van der Waals surface area contributed by atoms with E-state index < -0.39 is 6.10 Å². The van der Waals surface area contributed by atoms with Crippen molar-refractivity contribution >= 4 is 17.9 Å². The Morgan fingerprint density at radius 3 is 0.803 bits per heavy atom. The second-order valence-corrected chi connectivity index (χ2v) is 19.8. The molecule has 0 aromatic carbocycles. The topological polar surface area (TPSA) is 78.9 Å². The maximum absolute atomic E-state index is 12.8. The van der Waals surface area contributed by atoms with Gasteiger partial charge >= 0.3 is 17.9 Å². The lowest BCUT2D eigenvalue weighted by molar-refractivity contribution is -0.167. The van der Waals surface area contributed by atoms with Crippen LogP contribution in [0.1, 0.15) is 304 Å². The molecule has 0 spiro atoms. The molecule has 0 rings (SSSR count). The highest BCUT2D eigenvalue weighted by Crippen LogP contribution is 2.18. The van der Waals surface area contributed by atoms with Crippen LogP contribution >= 0.6 is 0 Å². The fraction of sp³-hybridized carbons (Fsp3) is 0.945. The molecule has 61 heavy (non-hydrogen) atoms. The zero-order chi connectivity index (χ0) is 44.7. The number of ether oxygens (including phenoxy) is 3. The summed E-state index contributed by atoms with van der Waals surface area (Å²) in [5, 5.41) is 0.